The van der Waals surface area contributed by atoms with Crippen LogP contribution in [0.25, 0.3) is 0 Å². The maximum atomic E-state index is 3.54. The molecule has 3 heteroatoms. The smallest absolute Gasteiger partial charge is 0.0412 e. The van der Waals surface area contributed by atoms with Crippen molar-refractivity contribution in [2.45, 2.75) is 45.8 Å². The maximum absolute atomic E-state index is 3.54. The number of aryl methyl sites for hydroxylation is 1. The SMILES string of the molecule is Cc1ccc(N(C)C2CCSC2)c(CNC(C)C)c1. The Labute approximate surface area is 122 Å². The third kappa shape index (κ3) is 3.90. The van der Waals surface area contributed by atoms with Gasteiger partial charge >= 0.3 is 0 Å². The van der Waals surface area contributed by atoms with Gasteiger partial charge in [-0.15, -0.1) is 0 Å². The summed E-state index contributed by atoms with van der Waals surface area (Å²) in [6.07, 6.45) is 1.31. The van der Waals surface area contributed by atoms with Crippen molar-refractivity contribution in [2.75, 3.05) is 23.5 Å². The third-order valence-electron chi connectivity index (χ3n) is 3.77. The van der Waals surface area contributed by atoms with E-state index in [1.807, 2.05) is 0 Å². The molecule has 2 rings (SSSR count). The number of nitrogens with zero attached hydrogens (tertiary/aromatic N) is 1. The summed E-state index contributed by atoms with van der Waals surface area (Å²) in [5.74, 6) is 2.57. The molecule has 1 fully saturated rings. The second-order valence-electron chi connectivity index (χ2n) is 5.80. The van der Waals surface area contributed by atoms with Gasteiger partial charge in [0.15, 0.2) is 0 Å². The minimum Gasteiger partial charge on any atom is -0.370 e. The van der Waals surface area contributed by atoms with Crippen LogP contribution in [0.15, 0.2) is 18.2 Å². The summed E-state index contributed by atoms with van der Waals surface area (Å²) in [4.78, 5) is 2.48. The van der Waals surface area contributed by atoms with E-state index in [1.54, 1.807) is 0 Å². The third-order valence-corrected chi connectivity index (χ3v) is 4.91. The van der Waals surface area contributed by atoms with Gasteiger partial charge in [-0.3, -0.25) is 0 Å². The summed E-state index contributed by atoms with van der Waals surface area (Å²) in [5, 5.41) is 3.54. The maximum Gasteiger partial charge on any atom is 0.0412 e. The molecular weight excluding hydrogens is 252 g/mol. The fraction of sp³-hybridized carbons (Fsp3) is 0.625. The Morgan fingerprint density at radius 1 is 1.42 bits per heavy atom. The van der Waals surface area contributed by atoms with E-state index in [-0.39, 0.29) is 0 Å². The lowest BCUT2D eigenvalue weighted by molar-refractivity contribution is 0.586. The molecule has 0 radical (unpaired) electrons. The van der Waals surface area contributed by atoms with Crippen molar-refractivity contribution in [1.29, 1.82) is 0 Å². The van der Waals surface area contributed by atoms with E-state index >= 15 is 0 Å². The predicted molar refractivity (Wildman–Crippen MR) is 87.3 cm³/mol. The number of rotatable bonds is 5. The van der Waals surface area contributed by atoms with Crippen molar-refractivity contribution >= 4 is 17.4 Å². The second kappa shape index (κ2) is 6.67. The van der Waals surface area contributed by atoms with Crippen molar-refractivity contribution in [2.24, 2.45) is 0 Å². The fourth-order valence-corrected chi connectivity index (χ4v) is 3.81. The minimum absolute atomic E-state index is 0.528. The molecule has 0 aliphatic carbocycles. The zero-order chi connectivity index (χ0) is 13.8. The Hall–Kier alpha value is -0.670. The van der Waals surface area contributed by atoms with Gasteiger partial charge in [0, 0.05) is 37.1 Å². The van der Waals surface area contributed by atoms with Gasteiger partial charge in [0.05, 0.1) is 0 Å². The zero-order valence-electron chi connectivity index (χ0n) is 12.6. The highest BCUT2D eigenvalue weighted by atomic mass is 32.2. The predicted octanol–water partition coefficient (Wildman–Crippen LogP) is 3.43. The molecule has 1 heterocycles. The number of benzene rings is 1. The van der Waals surface area contributed by atoms with Crippen LogP contribution in [0.4, 0.5) is 5.69 Å². The van der Waals surface area contributed by atoms with Crippen LogP contribution >= 0.6 is 11.8 Å². The lowest BCUT2D eigenvalue weighted by Crippen LogP contribution is -2.33. The number of hydrogen-bond acceptors (Lipinski definition) is 3. The Morgan fingerprint density at radius 2 is 2.21 bits per heavy atom. The van der Waals surface area contributed by atoms with Crippen molar-refractivity contribution in [3.8, 4) is 0 Å². The molecule has 1 aromatic rings. The molecule has 1 atom stereocenters. The fourth-order valence-electron chi connectivity index (χ4n) is 2.54. The van der Waals surface area contributed by atoms with Crippen LogP contribution in [0.5, 0.6) is 0 Å². The molecule has 0 aromatic heterocycles. The highest BCUT2D eigenvalue weighted by Gasteiger charge is 2.21. The van der Waals surface area contributed by atoms with E-state index in [1.165, 1.54) is 34.7 Å². The first-order valence-electron chi connectivity index (χ1n) is 7.21. The van der Waals surface area contributed by atoms with Crippen LogP contribution in [0.2, 0.25) is 0 Å². The number of nitrogens with one attached hydrogen (secondary N) is 1. The standard InChI is InChI=1S/C16H26N2S/c1-12(2)17-10-14-9-13(3)5-6-16(14)18(4)15-7-8-19-11-15/h5-6,9,12,15,17H,7-8,10-11H2,1-4H3. The zero-order valence-corrected chi connectivity index (χ0v) is 13.4. The number of anilines is 1. The average molecular weight is 278 g/mol. The summed E-state index contributed by atoms with van der Waals surface area (Å²) < 4.78 is 0. The van der Waals surface area contributed by atoms with Crippen LogP contribution in [-0.4, -0.2) is 30.6 Å². The Kier molecular flexibility index (Phi) is 5.17. The first-order valence-corrected chi connectivity index (χ1v) is 8.37. The van der Waals surface area contributed by atoms with Crippen molar-refractivity contribution < 1.29 is 0 Å². The van der Waals surface area contributed by atoms with Gasteiger partial charge in [-0.05, 0) is 30.7 Å². The van der Waals surface area contributed by atoms with Crippen molar-refractivity contribution in [1.82, 2.24) is 5.32 Å². The average Bonchev–Trinajstić information content (AvgIpc) is 2.89. The lowest BCUT2D eigenvalue weighted by Gasteiger charge is -2.29. The van der Waals surface area contributed by atoms with E-state index in [4.69, 9.17) is 0 Å². The van der Waals surface area contributed by atoms with Gasteiger partial charge in [-0.25, -0.2) is 0 Å². The summed E-state index contributed by atoms with van der Waals surface area (Å²) in [6, 6.07) is 8.07. The molecule has 2 nitrogen and oxygen atoms in total. The summed E-state index contributed by atoms with van der Waals surface area (Å²) in [7, 11) is 2.25. The van der Waals surface area contributed by atoms with Gasteiger partial charge in [-0.1, -0.05) is 31.5 Å². The van der Waals surface area contributed by atoms with Crippen LogP contribution in [0.3, 0.4) is 0 Å². The topological polar surface area (TPSA) is 15.3 Å². The molecule has 0 spiro atoms. The molecule has 106 valence electrons. The summed E-state index contributed by atoms with van der Waals surface area (Å²) in [5.41, 5.74) is 4.16. The molecule has 0 amide bonds. The number of hydrogen-bond donors (Lipinski definition) is 1. The van der Waals surface area contributed by atoms with Crippen LogP contribution in [-0.2, 0) is 6.54 Å². The normalized spacial score (nSPS) is 19.1. The molecular formula is C16H26N2S. The largest absolute Gasteiger partial charge is 0.370 e. The highest BCUT2D eigenvalue weighted by Crippen LogP contribution is 2.29. The Balaban J connectivity index is 2.17. The van der Waals surface area contributed by atoms with Crippen LogP contribution in [0.1, 0.15) is 31.4 Å². The molecule has 1 aromatic carbocycles. The van der Waals surface area contributed by atoms with Gasteiger partial charge < -0.3 is 10.2 Å². The molecule has 1 unspecified atom stereocenters. The summed E-state index contributed by atoms with van der Waals surface area (Å²) >= 11 is 2.08. The molecule has 1 N–H and O–H groups in total. The molecule has 1 aliphatic rings. The molecule has 0 bridgehead atoms. The second-order valence-corrected chi connectivity index (χ2v) is 6.95. The van der Waals surface area contributed by atoms with E-state index < -0.39 is 0 Å². The number of thioether (sulfide) groups is 1. The van der Waals surface area contributed by atoms with Crippen LogP contribution < -0.4 is 10.2 Å². The Bertz CT molecular complexity index is 411. The van der Waals surface area contributed by atoms with Crippen LogP contribution in [0, 0.1) is 6.92 Å². The molecule has 0 saturated carbocycles. The molecule has 1 aliphatic heterocycles. The lowest BCUT2D eigenvalue weighted by atomic mass is 10.1. The van der Waals surface area contributed by atoms with E-state index in [2.05, 4.69) is 68.0 Å². The van der Waals surface area contributed by atoms with Gasteiger partial charge in [0.2, 0.25) is 0 Å². The van der Waals surface area contributed by atoms with E-state index in [0.29, 0.717) is 12.1 Å². The molecule has 19 heavy (non-hydrogen) atoms. The monoisotopic (exact) mass is 278 g/mol. The van der Waals surface area contributed by atoms with E-state index in [9.17, 15) is 0 Å². The van der Waals surface area contributed by atoms with E-state index in [0.717, 1.165) is 6.54 Å². The van der Waals surface area contributed by atoms with Gasteiger partial charge in [0.1, 0.15) is 0 Å². The van der Waals surface area contributed by atoms with Crippen molar-refractivity contribution in [3.63, 3.8) is 0 Å². The van der Waals surface area contributed by atoms with Crippen molar-refractivity contribution in [3.05, 3.63) is 29.3 Å². The quantitative estimate of drug-likeness (QED) is 0.888. The summed E-state index contributed by atoms with van der Waals surface area (Å²) in [6.45, 7) is 7.53. The first kappa shape index (κ1) is 14.7. The van der Waals surface area contributed by atoms with Gasteiger partial charge in [-0.2, -0.15) is 11.8 Å². The molecule has 1 saturated heterocycles. The first-order chi connectivity index (χ1) is 9.08. The minimum atomic E-state index is 0.528. The highest BCUT2D eigenvalue weighted by molar-refractivity contribution is 7.99. The van der Waals surface area contributed by atoms with Gasteiger partial charge in [0.25, 0.3) is 0 Å². The Morgan fingerprint density at radius 3 is 2.84 bits per heavy atom.